The highest BCUT2D eigenvalue weighted by atomic mass is 16.1. The Kier molecular flexibility index (Phi) is 2.98. The summed E-state index contributed by atoms with van der Waals surface area (Å²) in [6.45, 7) is 3.40. The third-order valence-corrected chi connectivity index (χ3v) is 3.44. The molecule has 3 rings (SSSR count). The van der Waals surface area contributed by atoms with Crippen molar-refractivity contribution in [1.82, 2.24) is 19.6 Å². The zero-order chi connectivity index (χ0) is 13.4. The Morgan fingerprint density at radius 3 is 3.05 bits per heavy atom. The summed E-state index contributed by atoms with van der Waals surface area (Å²) in [5, 5.41) is 6.47. The maximum Gasteiger partial charge on any atom is 0.349 e. The highest BCUT2D eigenvalue weighted by Crippen LogP contribution is 2.31. The van der Waals surface area contributed by atoms with E-state index in [1.54, 1.807) is 0 Å². The van der Waals surface area contributed by atoms with E-state index in [4.69, 9.17) is 5.73 Å². The highest BCUT2D eigenvalue weighted by molar-refractivity contribution is 5.52. The van der Waals surface area contributed by atoms with Gasteiger partial charge in [-0.3, -0.25) is 0 Å². The first-order valence-electron chi connectivity index (χ1n) is 6.62. The Bertz CT molecular complexity index is 641. The van der Waals surface area contributed by atoms with Gasteiger partial charge in [-0.15, -0.1) is 0 Å². The van der Waals surface area contributed by atoms with Gasteiger partial charge in [-0.2, -0.15) is 5.10 Å². The number of nitrogens with zero attached hydrogens (tertiary/aromatic N) is 4. The van der Waals surface area contributed by atoms with Crippen LogP contribution in [0.4, 0.5) is 5.82 Å². The van der Waals surface area contributed by atoms with Gasteiger partial charge in [0.1, 0.15) is 11.6 Å². The van der Waals surface area contributed by atoms with Gasteiger partial charge < -0.3 is 10.6 Å². The monoisotopic (exact) mass is 262 g/mol. The topological polar surface area (TPSA) is 92.3 Å². The summed E-state index contributed by atoms with van der Waals surface area (Å²) in [5.74, 6) is 1.55. The Balaban J connectivity index is 2.00. The van der Waals surface area contributed by atoms with Crippen molar-refractivity contribution >= 4 is 11.5 Å². The molecule has 1 fully saturated rings. The molecule has 1 saturated carbocycles. The van der Waals surface area contributed by atoms with Crippen LogP contribution in [0.25, 0.3) is 5.65 Å². The van der Waals surface area contributed by atoms with Crippen molar-refractivity contribution in [1.29, 1.82) is 0 Å². The van der Waals surface area contributed by atoms with E-state index in [9.17, 15) is 4.79 Å². The molecule has 0 unspecified atom stereocenters. The van der Waals surface area contributed by atoms with E-state index in [-0.39, 0.29) is 5.69 Å². The average Bonchev–Trinajstić information content (AvgIpc) is 3.14. The van der Waals surface area contributed by atoms with Gasteiger partial charge in [0.15, 0.2) is 5.65 Å². The van der Waals surface area contributed by atoms with Crippen LogP contribution < -0.4 is 16.3 Å². The SMILES string of the molecule is Cc1nc(N(CCCN)C2CC2)cc2n[nH]c(=O)n12. The number of hydrogen-bond acceptors (Lipinski definition) is 5. The molecule has 0 atom stereocenters. The summed E-state index contributed by atoms with van der Waals surface area (Å²) in [6, 6.07) is 2.42. The Morgan fingerprint density at radius 2 is 2.37 bits per heavy atom. The van der Waals surface area contributed by atoms with Gasteiger partial charge in [0.2, 0.25) is 0 Å². The van der Waals surface area contributed by atoms with E-state index in [1.807, 2.05) is 13.0 Å². The van der Waals surface area contributed by atoms with Crippen LogP contribution >= 0.6 is 0 Å². The fourth-order valence-electron chi connectivity index (χ4n) is 2.36. The van der Waals surface area contributed by atoms with Crippen molar-refractivity contribution in [3.8, 4) is 0 Å². The van der Waals surface area contributed by atoms with Gasteiger partial charge in [-0.25, -0.2) is 19.3 Å². The Labute approximate surface area is 110 Å². The normalized spacial score (nSPS) is 15.1. The van der Waals surface area contributed by atoms with Gasteiger partial charge in [0.25, 0.3) is 0 Å². The first-order chi connectivity index (χ1) is 9.20. The van der Waals surface area contributed by atoms with Crippen molar-refractivity contribution in [3.05, 3.63) is 22.4 Å². The van der Waals surface area contributed by atoms with E-state index in [0.29, 0.717) is 24.1 Å². The second-order valence-electron chi connectivity index (χ2n) is 4.95. The minimum Gasteiger partial charge on any atom is -0.353 e. The quantitative estimate of drug-likeness (QED) is 0.794. The van der Waals surface area contributed by atoms with Crippen LogP contribution in [-0.4, -0.2) is 38.7 Å². The summed E-state index contributed by atoms with van der Waals surface area (Å²) in [5.41, 5.74) is 5.96. The molecule has 102 valence electrons. The summed E-state index contributed by atoms with van der Waals surface area (Å²) >= 11 is 0. The molecule has 3 N–H and O–H groups in total. The molecule has 1 aliphatic carbocycles. The maximum atomic E-state index is 11.6. The lowest BCUT2D eigenvalue weighted by Gasteiger charge is -2.23. The summed E-state index contributed by atoms with van der Waals surface area (Å²) < 4.78 is 1.48. The first-order valence-corrected chi connectivity index (χ1v) is 6.62. The van der Waals surface area contributed by atoms with Crippen LogP contribution in [0.15, 0.2) is 10.9 Å². The van der Waals surface area contributed by atoms with E-state index in [2.05, 4.69) is 20.1 Å². The molecule has 0 saturated heterocycles. The van der Waals surface area contributed by atoms with Crippen molar-refractivity contribution in [3.63, 3.8) is 0 Å². The van der Waals surface area contributed by atoms with E-state index in [1.165, 1.54) is 17.2 Å². The maximum absolute atomic E-state index is 11.6. The number of aryl methyl sites for hydroxylation is 1. The van der Waals surface area contributed by atoms with Gasteiger partial charge >= 0.3 is 5.69 Å². The number of aromatic nitrogens is 4. The van der Waals surface area contributed by atoms with Gasteiger partial charge in [0, 0.05) is 18.7 Å². The van der Waals surface area contributed by atoms with Crippen LogP contribution in [0, 0.1) is 6.92 Å². The van der Waals surface area contributed by atoms with E-state index >= 15 is 0 Å². The molecule has 2 aromatic heterocycles. The lowest BCUT2D eigenvalue weighted by atomic mass is 10.3. The predicted molar refractivity (Wildman–Crippen MR) is 72.4 cm³/mol. The summed E-state index contributed by atoms with van der Waals surface area (Å²) in [4.78, 5) is 18.4. The number of rotatable bonds is 5. The number of nitrogens with one attached hydrogen (secondary N) is 1. The average molecular weight is 262 g/mol. The molecule has 19 heavy (non-hydrogen) atoms. The van der Waals surface area contributed by atoms with E-state index in [0.717, 1.165) is 18.8 Å². The fraction of sp³-hybridized carbons (Fsp3) is 0.583. The lowest BCUT2D eigenvalue weighted by Crippen LogP contribution is -2.30. The van der Waals surface area contributed by atoms with Crippen molar-refractivity contribution in [2.45, 2.75) is 32.2 Å². The number of fused-ring (bicyclic) bond motifs is 1. The Morgan fingerprint density at radius 1 is 1.58 bits per heavy atom. The number of anilines is 1. The van der Waals surface area contributed by atoms with Gasteiger partial charge in [-0.1, -0.05) is 0 Å². The van der Waals surface area contributed by atoms with Crippen molar-refractivity contribution in [2.24, 2.45) is 5.73 Å². The molecule has 0 aliphatic heterocycles. The van der Waals surface area contributed by atoms with Crippen LogP contribution in [0.3, 0.4) is 0 Å². The van der Waals surface area contributed by atoms with E-state index < -0.39 is 0 Å². The molecular weight excluding hydrogens is 244 g/mol. The molecule has 0 spiro atoms. The third-order valence-electron chi connectivity index (χ3n) is 3.44. The molecule has 0 bridgehead atoms. The number of H-pyrrole nitrogens is 1. The standard InChI is InChI=1S/C12H18N6O/c1-8-14-10(7-11-15-16-12(19)18(8)11)17(6-2-5-13)9-3-4-9/h7,9H,2-6,13H2,1H3,(H,16,19). The molecule has 7 heteroatoms. The number of hydrogen-bond donors (Lipinski definition) is 2. The minimum atomic E-state index is -0.244. The summed E-state index contributed by atoms with van der Waals surface area (Å²) in [7, 11) is 0. The Hall–Kier alpha value is -1.89. The largest absolute Gasteiger partial charge is 0.353 e. The number of aromatic amines is 1. The molecule has 0 amide bonds. The zero-order valence-corrected chi connectivity index (χ0v) is 11.0. The van der Waals surface area contributed by atoms with Crippen LogP contribution in [0.5, 0.6) is 0 Å². The first kappa shape index (κ1) is 12.2. The molecule has 2 aromatic rings. The fourth-order valence-corrected chi connectivity index (χ4v) is 2.36. The molecule has 2 heterocycles. The molecule has 0 aromatic carbocycles. The molecule has 1 aliphatic rings. The lowest BCUT2D eigenvalue weighted by molar-refractivity contribution is 0.718. The predicted octanol–water partition coefficient (Wildman–Crippen LogP) is 0.0436. The smallest absolute Gasteiger partial charge is 0.349 e. The van der Waals surface area contributed by atoms with Crippen molar-refractivity contribution < 1.29 is 0 Å². The molecule has 7 nitrogen and oxygen atoms in total. The van der Waals surface area contributed by atoms with Crippen LogP contribution in [-0.2, 0) is 0 Å². The van der Waals surface area contributed by atoms with Gasteiger partial charge in [-0.05, 0) is 32.7 Å². The molecule has 0 radical (unpaired) electrons. The van der Waals surface area contributed by atoms with Gasteiger partial charge in [0.05, 0.1) is 0 Å². The van der Waals surface area contributed by atoms with Crippen LogP contribution in [0.1, 0.15) is 25.1 Å². The second-order valence-corrected chi connectivity index (χ2v) is 4.95. The molecular formula is C12H18N6O. The number of nitrogens with two attached hydrogens (primary N) is 1. The minimum absolute atomic E-state index is 0.244. The van der Waals surface area contributed by atoms with Crippen molar-refractivity contribution in [2.75, 3.05) is 18.0 Å². The zero-order valence-electron chi connectivity index (χ0n) is 11.0. The highest BCUT2D eigenvalue weighted by Gasteiger charge is 2.30. The summed E-state index contributed by atoms with van der Waals surface area (Å²) in [6.07, 6.45) is 3.34. The second kappa shape index (κ2) is 4.65. The van der Waals surface area contributed by atoms with Crippen LogP contribution in [0.2, 0.25) is 0 Å². The third kappa shape index (κ3) is 2.21.